The second-order valence-electron chi connectivity index (χ2n) is 13.3. The number of nitrogens with zero attached hydrogens (tertiary/aromatic N) is 2. The molecule has 0 bridgehead atoms. The van der Waals surface area contributed by atoms with Crippen molar-refractivity contribution < 1.29 is 26.4 Å². The van der Waals surface area contributed by atoms with Gasteiger partial charge in [-0.15, -0.1) is 0 Å². The van der Waals surface area contributed by atoms with E-state index in [1.165, 1.54) is 0 Å². The van der Waals surface area contributed by atoms with Gasteiger partial charge in [0.05, 0.1) is 23.0 Å². The SMILES string of the molecule is Cc1ccccc1CS(=O)(=O)Cc1ccc(NC(=O)NCc2ccncc2)cc1.O=C(NCc1ccncc1)Nc1ccc(CS(=O)(=O)Cc2ccccc2Br)cc1. The fraction of sp³-hybridized carbons (Fsp3) is 0.163. The average Bonchev–Trinajstić information content (AvgIpc) is 3.20. The lowest BCUT2D eigenvalue weighted by Crippen LogP contribution is -2.28. The van der Waals surface area contributed by atoms with Crippen LogP contribution in [0.2, 0.25) is 0 Å². The van der Waals surface area contributed by atoms with Crippen molar-refractivity contribution in [3.8, 4) is 0 Å². The normalized spacial score (nSPS) is 11.1. The number of urea groups is 2. The summed E-state index contributed by atoms with van der Waals surface area (Å²) in [5, 5.41) is 11.0. The number of carbonyl (C=O) groups excluding carboxylic acids is 2. The maximum absolute atomic E-state index is 12.5. The van der Waals surface area contributed by atoms with Crippen molar-refractivity contribution in [2.75, 3.05) is 10.6 Å². The highest BCUT2D eigenvalue weighted by Crippen LogP contribution is 2.21. The summed E-state index contributed by atoms with van der Waals surface area (Å²) in [6.07, 6.45) is 6.66. The van der Waals surface area contributed by atoms with Crippen molar-refractivity contribution >= 4 is 59.0 Å². The number of carbonyl (C=O) groups is 2. The highest BCUT2D eigenvalue weighted by Gasteiger charge is 2.16. The summed E-state index contributed by atoms with van der Waals surface area (Å²) < 4.78 is 50.8. The van der Waals surface area contributed by atoms with Crippen LogP contribution < -0.4 is 21.3 Å². The van der Waals surface area contributed by atoms with Crippen LogP contribution in [0.5, 0.6) is 0 Å². The first-order chi connectivity index (χ1) is 27.8. The summed E-state index contributed by atoms with van der Waals surface area (Å²) >= 11 is 3.38. The molecule has 6 aromatic rings. The second kappa shape index (κ2) is 21.0. The molecule has 0 aliphatic carbocycles. The van der Waals surface area contributed by atoms with Crippen LogP contribution in [0.15, 0.2) is 151 Å². The maximum Gasteiger partial charge on any atom is 0.319 e. The molecule has 0 atom stereocenters. The predicted octanol–water partition coefficient (Wildman–Crippen LogP) is 8.11. The molecule has 300 valence electrons. The van der Waals surface area contributed by atoms with E-state index in [2.05, 4.69) is 47.2 Å². The Kier molecular flexibility index (Phi) is 15.7. The van der Waals surface area contributed by atoms with Crippen LogP contribution in [0.1, 0.15) is 38.9 Å². The first kappa shape index (κ1) is 43.2. The Labute approximate surface area is 347 Å². The minimum atomic E-state index is -3.32. The fourth-order valence-electron chi connectivity index (χ4n) is 5.56. The highest BCUT2D eigenvalue weighted by molar-refractivity contribution is 9.10. The largest absolute Gasteiger partial charge is 0.334 e. The predicted molar refractivity (Wildman–Crippen MR) is 231 cm³/mol. The Morgan fingerprint density at radius 3 is 1.33 bits per heavy atom. The Morgan fingerprint density at radius 1 is 0.500 bits per heavy atom. The Balaban J connectivity index is 0.000000221. The lowest BCUT2D eigenvalue weighted by molar-refractivity contribution is 0.251. The number of anilines is 2. The van der Waals surface area contributed by atoms with Gasteiger partial charge in [-0.2, -0.15) is 0 Å². The van der Waals surface area contributed by atoms with Crippen LogP contribution in [0, 0.1) is 6.92 Å². The monoisotopic (exact) mass is 882 g/mol. The van der Waals surface area contributed by atoms with Gasteiger partial charge in [-0.3, -0.25) is 9.97 Å². The molecule has 0 saturated carbocycles. The van der Waals surface area contributed by atoms with E-state index >= 15 is 0 Å². The van der Waals surface area contributed by atoms with Crippen molar-refractivity contribution in [1.82, 2.24) is 20.6 Å². The molecule has 6 rings (SSSR count). The zero-order chi connectivity index (χ0) is 41.4. The van der Waals surface area contributed by atoms with Crippen molar-refractivity contribution in [2.24, 2.45) is 0 Å². The number of hydrogen-bond acceptors (Lipinski definition) is 8. The van der Waals surface area contributed by atoms with Crippen LogP contribution in [0.4, 0.5) is 21.0 Å². The Bertz CT molecular complexity index is 2320. The van der Waals surface area contributed by atoms with Gasteiger partial charge < -0.3 is 21.3 Å². The van der Waals surface area contributed by atoms with E-state index in [0.29, 0.717) is 35.6 Å². The molecule has 58 heavy (non-hydrogen) atoms. The first-order valence-electron chi connectivity index (χ1n) is 18.1. The van der Waals surface area contributed by atoms with Gasteiger partial charge in [-0.25, -0.2) is 26.4 Å². The summed E-state index contributed by atoms with van der Waals surface area (Å²) in [5.41, 5.74) is 6.94. The van der Waals surface area contributed by atoms with Gasteiger partial charge in [0.2, 0.25) is 0 Å². The average molecular weight is 884 g/mol. The molecule has 0 radical (unpaired) electrons. The topological polar surface area (TPSA) is 176 Å². The number of aromatic nitrogens is 2. The van der Waals surface area contributed by atoms with Crippen LogP contribution in [-0.2, 0) is 55.8 Å². The quantitative estimate of drug-likeness (QED) is 0.0849. The number of hydrogen-bond donors (Lipinski definition) is 4. The number of pyridine rings is 2. The summed E-state index contributed by atoms with van der Waals surface area (Å²) in [7, 11) is -6.61. The molecule has 0 aliphatic heterocycles. The van der Waals surface area contributed by atoms with Gasteiger partial charge in [0, 0.05) is 53.7 Å². The number of benzene rings is 4. The number of nitrogens with one attached hydrogen (secondary N) is 4. The molecule has 0 saturated heterocycles. The lowest BCUT2D eigenvalue weighted by atomic mass is 10.1. The molecule has 0 spiro atoms. The molecule has 0 aliphatic rings. The van der Waals surface area contributed by atoms with E-state index in [1.807, 2.05) is 73.7 Å². The van der Waals surface area contributed by atoms with Crippen LogP contribution in [0.3, 0.4) is 0 Å². The maximum atomic E-state index is 12.5. The molecule has 4 aromatic carbocycles. The molecule has 12 nitrogen and oxygen atoms in total. The molecular formula is C43H43BrN6O6S2. The molecule has 2 heterocycles. The minimum absolute atomic E-state index is 0.0110. The summed E-state index contributed by atoms with van der Waals surface area (Å²) in [6.45, 7) is 2.69. The fourth-order valence-corrected chi connectivity index (χ4v) is 9.30. The van der Waals surface area contributed by atoms with Gasteiger partial charge >= 0.3 is 12.1 Å². The van der Waals surface area contributed by atoms with E-state index in [0.717, 1.165) is 32.3 Å². The second-order valence-corrected chi connectivity index (χ2v) is 18.3. The number of aryl methyl sites for hydroxylation is 1. The smallest absolute Gasteiger partial charge is 0.319 e. The summed E-state index contributed by atoms with van der Waals surface area (Å²) in [4.78, 5) is 31.9. The Morgan fingerprint density at radius 2 is 0.897 bits per heavy atom. The van der Waals surface area contributed by atoms with Gasteiger partial charge in [-0.1, -0.05) is 82.7 Å². The highest BCUT2D eigenvalue weighted by atomic mass is 79.9. The van der Waals surface area contributed by atoms with E-state index in [9.17, 15) is 26.4 Å². The molecular weight excluding hydrogens is 841 g/mol. The third-order valence-corrected chi connectivity index (χ3v) is 12.4. The van der Waals surface area contributed by atoms with Crippen LogP contribution >= 0.6 is 15.9 Å². The van der Waals surface area contributed by atoms with E-state index in [4.69, 9.17) is 0 Å². The number of halogens is 1. The minimum Gasteiger partial charge on any atom is -0.334 e. The number of amides is 4. The Hall–Kier alpha value is -5.90. The lowest BCUT2D eigenvalue weighted by Gasteiger charge is -2.10. The summed E-state index contributed by atoms with van der Waals surface area (Å²) in [6, 6.07) is 35.0. The molecule has 2 aromatic heterocycles. The molecule has 0 unspecified atom stereocenters. The molecule has 4 N–H and O–H groups in total. The van der Waals surface area contributed by atoms with Gasteiger partial charge in [0.15, 0.2) is 19.7 Å². The molecule has 15 heteroatoms. The van der Waals surface area contributed by atoms with E-state index in [1.54, 1.807) is 79.4 Å². The van der Waals surface area contributed by atoms with E-state index in [-0.39, 0.29) is 35.1 Å². The van der Waals surface area contributed by atoms with Gasteiger partial charge in [-0.05, 0) is 100 Å². The van der Waals surface area contributed by atoms with Gasteiger partial charge in [0.1, 0.15) is 0 Å². The van der Waals surface area contributed by atoms with Crippen molar-refractivity contribution in [3.05, 3.63) is 190 Å². The zero-order valence-electron chi connectivity index (χ0n) is 31.6. The van der Waals surface area contributed by atoms with Gasteiger partial charge in [0.25, 0.3) is 0 Å². The number of sulfone groups is 2. The third-order valence-electron chi connectivity index (χ3n) is 8.57. The first-order valence-corrected chi connectivity index (χ1v) is 22.5. The summed E-state index contributed by atoms with van der Waals surface area (Å²) in [5.74, 6) is -0.137. The van der Waals surface area contributed by atoms with Crippen molar-refractivity contribution in [3.63, 3.8) is 0 Å². The van der Waals surface area contributed by atoms with Crippen LogP contribution in [0.25, 0.3) is 0 Å². The molecule has 4 amide bonds. The van der Waals surface area contributed by atoms with Crippen LogP contribution in [-0.4, -0.2) is 38.9 Å². The zero-order valence-corrected chi connectivity index (χ0v) is 34.9. The standard InChI is InChI=1S/C22H23N3O3S.C21H20BrN3O3S/c1-17-4-2-3-5-20(17)16-29(27,28)15-19-6-8-21(9-7-19)25-22(26)24-14-18-10-12-23-13-11-18;22-20-4-2-1-3-18(20)15-29(27,28)14-17-5-7-19(8-6-17)25-21(26)24-13-16-9-11-23-12-10-16/h2-13H,14-16H2,1H3,(H2,24,25,26);1-12H,13-15H2,(H2,24,25,26). The third kappa shape index (κ3) is 14.9. The van der Waals surface area contributed by atoms with Crippen molar-refractivity contribution in [2.45, 2.75) is 43.0 Å². The van der Waals surface area contributed by atoms with Crippen molar-refractivity contribution in [1.29, 1.82) is 0 Å². The number of rotatable bonds is 14. The molecule has 0 fully saturated rings. The van der Waals surface area contributed by atoms with E-state index < -0.39 is 19.7 Å².